The van der Waals surface area contributed by atoms with Crippen LogP contribution in [0.2, 0.25) is 0 Å². The maximum Gasteiger partial charge on any atom is 0.375 e. The first-order valence-electron chi connectivity index (χ1n) is 10.3. The maximum atomic E-state index is 12.8. The number of pyridine rings is 1. The van der Waals surface area contributed by atoms with Crippen molar-refractivity contribution in [1.82, 2.24) is 4.98 Å². The number of benzene rings is 1. The summed E-state index contributed by atoms with van der Waals surface area (Å²) in [6.07, 6.45) is 7.30. The molecule has 5 atom stereocenters. The van der Waals surface area contributed by atoms with Gasteiger partial charge in [-0.15, -0.1) is 6.58 Å². The van der Waals surface area contributed by atoms with Crippen molar-refractivity contribution in [2.45, 2.75) is 25.0 Å². The molecule has 1 aromatic carbocycles. The topological polar surface area (TPSA) is 56.8 Å². The van der Waals surface area contributed by atoms with Crippen LogP contribution in [0.15, 0.2) is 72.0 Å². The van der Waals surface area contributed by atoms with Crippen molar-refractivity contribution in [1.29, 1.82) is 0 Å². The number of nitrogens with zero attached hydrogens (tertiary/aromatic N) is 1. The third kappa shape index (κ3) is 3.25. The molecule has 0 amide bonds. The van der Waals surface area contributed by atoms with Gasteiger partial charge in [-0.3, -0.25) is 4.98 Å². The lowest BCUT2D eigenvalue weighted by atomic mass is 9.73. The molecule has 29 heavy (non-hydrogen) atoms. The van der Waals surface area contributed by atoms with E-state index in [0.717, 1.165) is 36.0 Å². The minimum atomic E-state index is -0.414. The number of esters is 1. The van der Waals surface area contributed by atoms with Gasteiger partial charge < -0.3 is 14.1 Å². The van der Waals surface area contributed by atoms with Gasteiger partial charge in [-0.1, -0.05) is 24.3 Å². The first-order valence-corrected chi connectivity index (χ1v) is 10.3. The third-order valence-corrected chi connectivity index (χ3v) is 6.63. The molecule has 2 aromatic heterocycles. The zero-order valence-corrected chi connectivity index (χ0v) is 16.3. The number of aromatic nitrogens is 1. The highest BCUT2D eigenvalue weighted by molar-refractivity contribution is 5.87. The van der Waals surface area contributed by atoms with Gasteiger partial charge in [0.2, 0.25) is 5.76 Å². The summed E-state index contributed by atoms with van der Waals surface area (Å²) in [6, 6.07) is 13.6. The first-order chi connectivity index (χ1) is 14.2. The Morgan fingerprint density at radius 1 is 1.28 bits per heavy atom. The van der Waals surface area contributed by atoms with Crippen LogP contribution in [0.1, 0.15) is 35.1 Å². The monoisotopic (exact) mass is 389 g/mol. The van der Waals surface area contributed by atoms with Crippen LogP contribution in [0.25, 0.3) is 10.9 Å². The summed E-state index contributed by atoms with van der Waals surface area (Å²) in [4.78, 5) is 18.8. The van der Waals surface area contributed by atoms with Crippen LogP contribution in [-0.2, 0) is 4.74 Å². The zero-order valence-electron chi connectivity index (χ0n) is 16.3. The van der Waals surface area contributed by atoms with Gasteiger partial charge in [0.25, 0.3) is 0 Å². The van der Waals surface area contributed by atoms with E-state index in [1.165, 1.54) is 17.6 Å². The number of hydrogen-bond donors (Lipinski definition) is 1. The van der Waals surface area contributed by atoms with Crippen LogP contribution < -0.4 is 4.90 Å². The SMILES string of the molecule is C=C[C@H]1C[NH+]2CC[C@@H]1C[C@@H]2[C@@H](OC(=O)c1ccco1)c1ccnc2ccccc12. The fourth-order valence-electron chi connectivity index (χ4n) is 5.19. The van der Waals surface area contributed by atoms with Gasteiger partial charge in [0.15, 0.2) is 6.10 Å². The Morgan fingerprint density at radius 3 is 2.93 bits per heavy atom. The molecule has 0 saturated carbocycles. The summed E-state index contributed by atoms with van der Waals surface area (Å²) in [6.45, 7) is 6.20. The maximum absolute atomic E-state index is 12.8. The normalized spacial score (nSPS) is 26.9. The molecule has 0 spiro atoms. The van der Waals surface area contributed by atoms with E-state index < -0.39 is 5.97 Å². The van der Waals surface area contributed by atoms with Crippen LogP contribution >= 0.6 is 0 Å². The van der Waals surface area contributed by atoms with Crippen molar-refractivity contribution in [2.24, 2.45) is 11.8 Å². The molecule has 1 unspecified atom stereocenters. The number of ether oxygens (including phenoxy) is 1. The Morgan fingerprint density at radius 2 is 2.17 bits per heavy atom. The Bertz CT molecular complexity index is 1020. The van der Waals surface area contributed by atoms with Gasteiger partial charge in [0.1, 0.15) is 6.04 Å². The number of carbonyl (C=O) groups excluding carboxylic acids is 1. The van der Waals surface area contributed by atoms with Crippen LogP contribution in [0.3, 0.4) is 0 Å². The average molecular weight is 389 g/mol. The van der Waals surface area contributed by atoms with Crippen LogP contribution in [-0.4, -0.2) is 30.1 Å². The van der Waals surface area contributed by atoms with E-state index in [2.05, 4.69) is 23.7 Å². The summed E-state index contributed by atoms with van der Waals surface area (Å²) in [5.74, 6) is 0.977. The number of fused-ring (bicyclic) bond motifs is 4. The summed E-state index contributed by atoms with van der Waals surface area (Å²) in [5, 5.41) is 1.04. The lowest BCUT2D eigenvalue weighted by Gasteiger charge is -2.48. The fourth-order valence-corrected chi connectivity index (χ4v) is 5.19. The van der Waals surface area contributed by atoms with E-state index in [9.17, 15) is 4.79 Å². The molecule has 2 bridgehead atoms. The van der Waals surface area contributed by atoms with Crippen molar-refractivity contribution >= 4 is 16.9 Å². The Kier molecular flexibility index (Phi) is 4.68. The van der Waals surface area contributed by atoms with E-state index in [0.29, 0.717) is 11.8 Å². The molecule has 3 aliphatic rings. The van der Waals surface area contributed by atoms with E-state index in [-0.39, 0.29) is 17.9 Å². The lowest BCUT2D eigenvalue weighted by Crippen LogP contribution is -3.20. The number of piperidine rings is 3. The molecule has 1 N–H and O–H groups in total. The molecule has 0 aliphatic carbocycles. The van der Waals surface area contributed by atoms with Gasteiger partial charge in [-0.05, 0) is 30.2 Å². The van der Waals surface area contributed by atoms with Gasteiger partial charge >= 0.3 is 5.97 Å². The lowest BCUT2D eigenvalue weighted by molar-refractivity contribution is -0.949. The van der Waals surface area contributed by atoms with Gasteiger partial charge in [0, 0.05) is 35.9 Å². The third-order valence-electron chi connectivity index (χ3n) is 6.63. The molecule has 5 heterocycles. The fraction of sp³-hybridized carbons (Fsp3) is 0.333. The van der Waals surface area contributed by atoms with Crippen molar-refractivity contribution in [3.8, 4) is 0 Å². The molecule has 6 rings (SSSR count). The summed E-state index contributed by atoms with van der Waals surface area (Å²) >= 11 is 0. The van der Waals surface area contributed by atoms with Crippen LogP contribution in [0.5, 0.6) is 0 Å². The van der Waals surface area contributed by atoms with Gasteiger partial charge in [0.05, 0.1) is 24.9 Å². The Hall–Kier alpha value is -2.92. The number of carbonyl (C=O) groups is 1. The number of furan rings is 1. The first kappa shape index (κ1) is 18.1. The van der Waals surface area contributed by atoms with E-state index in [4.69, 9.17) is 9.15 Å². The number of nitrogens with one attached hydrogen (secondary N) is 1. The van der Waals surface area contributed by atoms with Gasteiger partial charge in [-0.2, -0.15) is 0 Å². The molecule has 5 heteroatoms. The quantitative estimate of drug-likeness (QED) is 0.538. The summed E-state index contributed by atoms with van der Waals surface area (Å²) in [5.41, 5.74) is 1.94. The highest BCUT2D eigenvalue weighted by Gasteiger charge is 2.47. The number of para-hydroxylation sites is 1. The minimum absolute atomic E-state index is 0.217. The molecular formula is C24H25N2O3+. The van der Waals surface area contributed by atoms with E-state index in [1.54, 1.807) is 12.1 Å². The molecule has 5 nitrogen and oxygen atoms in total. The van der Waals surface area contributed by atoms with Crippen molar-refractivity contribution < 1.29 is 18.8 Å². The predicted molar refractivity (Wildman–Crippen MR) is 110 cm³/mol. The summed E-state index contributed by atoms with van der Waals surface area (Å²) < 4.78 is 11.4. The van der Waals surface area contributed by atoms with Crippen molar-refractivity contribution in [3.63, 3.8) is 0 Å². The summed E-state index contributed by atoms with van der Waals surface area (Å²) in [7, 11) is 0. The minimum Gasteiger partial charge on any atom is -0.457 e. The molecule has 3 saturated heterocycles. The van der Waals surface area contributed by atoms with Crippen LogP contribution in [0, 0.1) is 11.8 Å². The second-order valence-electron chi connectivity index (χ2n) is 8.12. The predicted octanol–water partition coefficient (Wildman–Crippen LogP) is 3.21. The van der Waals surface area contributed by atoms with E-state index in [1.807, 2.05) is 30.5 Å². The Balaban J connectivity index is 1.55. The molecule has 0 radical (unpaired) electrons. The standard InChI is InChI=1S/C24H24N2O3/c1-2-16-15-26-12-10-17(16)14-21(26)23(29-24(27)22-8-5-13-28-22)19-9-11-25-20-7-4-3-6-18(19)20/h2-9,11,13,16-17,21,23H,1,10,12,14-15H2/p+1/t16-,17+,21+,23-/m0/s1. The largest absolute Gasteiger partial charge is 0.457 e. The van der Waals surface area contributed by atoms with Crippen LogP contribution in [0.4, 0.5) is 0 Å². The molecule has 3 aromatic rings. The van der Waals surface area contributed by atoms with E-state index >= 15 is 0 Å². The molecule has 3 fully saturated rings. The highest BCUT2D eigenvalue weighted by atomic mass is 16.6. The van der Waals surface area contributed by atoms with Crippen molar-refractivity contribution in [3.05, 3.63) is 78.9 Å². The second kappa shape index (κ2) is 7.48. The van der Waals surface area contributed by atoms with Crippen molar-refractivity contribution in [2.75, 3.05) is 13.1 Å². The average Bonchev–Trinajstić information content (AvgIpc) is 3.32. The number of hydrogen-bond acceptors (Lipinski definition) is 4. The Labute approximate surface area is 170 Å². The molecule has 3 aliphatic heterocycles. The smallest absolute Gasteiger partial charge is 0.375 e. The number of quaternary nitrogens is 1. The number of rotatable bonds is 5. The highest BCUT2D eigenvalue weighted by Crippen LogP contribution is 2.36. The molecule has 148 valence electrons. The van der Waals surface area contributed by atoms with Gasteiger partial charge in [-0.25, -0.2) is 4.79 Å². The zero-order chi connectivity index (χ0) is 19.8. The second-order valence-corrected chi connectivity index (χ2v) is 8.12. The molecular weight excluding hydrogens is 364 g/mol.